The summed E-state index contributed by atoms with van der Waals surface area (Å²) in [7, 11) is 0. The van der Waals surface area contributed by atoms with Crippen LogP contribution in [0.25, 0.3) is 87.7 Å². The summed E-state index contributed by atoms with van der Waals surface area (Å²) in [6, 6.07) is 59.0. The molecular formula is C52H42N2. The standard InChI is InChI=1S/C52H42N2/c1-51(2)27-28-52(3,4)44-32-47-42(31-43(44)51)41-24-26-46-49(50(41)54(47)38-17-6-5-7-18-38)48-40-20-11-10-14-34(40)23-25-45(48)53(46)39-19-12-16-36(30-39)37-22-21-33-13-8-9-15-35(33)29-37/h5-26,29-32H,27-28H2,1-4H3. The SMILES string of the molecule is CC1(C)CCC(C)(C)c2cc3c(cc21)c1ccc2c(c4c5ccccc5ccc4n2-c2cccc(-c4ccc5ccccc5c4)c2)c1n3-c1ccccc1. The van der Waals surface area contributed by atoms with Gasteiger partial charge in [-0.1, -0.05) is 131 Å². The zero-order chi connectivity index (χ0) is 36.3. The van der Waals surface area contributed by atoms with Gasteiger partial charge in [-0.15, -0.1) is 0 Å². The van der Waals surface area contributed by atoms with Gasteiger partial charge in [-0.2, -0.15) is 0 Å². The average Bonchev–Trinajstić information content (AvgIpc) is 3.72. The second-order valence-electron chi connectivity index (χ2n) is 16.8. The van der Waals surface area contributed by atoms with Gasteiger partial charge in [-0.05, 0) is 122 Å². The molecule has 0 spiro atoms. The Hall–Kier alpha value is -6.12. The first-order valence-electron chi connectivity index (χ1n) is 19.4. The maximum absolute atomic E-state index is 2.57. The number of rotatable bonds is 3. The first kappa shape index (κ1) is 31.4. The highest BCUT2D eigenvalue weighted by molar-refractivity contribution is 6.31. The Morgan fingerprint density at radius 2 is 1.02 bits per heavy atom. The highest BCUT2D eigenvalue weighted by atomic mass is 15.0. The number of hydrogen-bond acceptors (Lipinski definition) is 0. The molecule has 0 radical (unpaired) electrons. The van der Waals surface area contributed by atoms with Gasteiger partial charge in [-0.25, -0.2) is 0 Å². The molecule has 1 aliphatic carbocycles. The van der Waals surface area contributed by atoms with Crippen LogP contribution >= 0.6 is 0 Å². The fraction of sp³-hybridized carbons (Fsp3) is 0.154. The van der Waals surface area contributed by atoms with Crippen molar-refractivity contribution in [3.05, 3.63) is 169 Å². The molecule has 10 aromatic rings. The third-order valence-electron chi connectivity index (χ3n) is 12.7. The number of hydrogen-bond donors (Lipinski definition) is 0. The normalized spacial score (nSPS) is 15.2. The van der Waals surface area contributed by atoms with Crippen LogP contribution in [0.1, 0.15) is 51.7 Å². The van der Waals surface area contributed by atoms with Crippen molar-refractivity contribution in [2.24, 2.45) is 0 Å². The molecule has 0 saturated carbocycles. The van der Waals surface area contributed by atoms with Gasteiger partial charge in [0.1, 0.15) is 0 Å². The number of benzene rings is 8. The highest BCUT2D eigenvalue weighted by Crippen LogP contribution is 2.50. The molecule has 54 heavy (non-hydrogen) atoms. The Balaban J connectivity index is 1.29. The molecule has 0 fully saturated rings. The van der Waals surface area contributed by atoms with E-state index in [2.05, 4.69) is 195 Å². The quantitative estimate of drug-likeness (QED) is 0.174. The fourth-order valence-corrected chi connectivity index (χ4v) is 9.74. The van der Waals surface area contributed by atoms with E-state index in [0.29, 0.717) is 0 Å². The smallest absolute Gasteiger partial charge is 0.0641 e. The van der Waals surface area contributed by atoms with Crippen molar-refractivity contribution in [1.82, 2.24) is 9.13 Å². The monoisotopic (exact) mass is 694 g/mol. The predicted molar refractivity (Wildman–Crippen MR) is 231 cm³/mol. The third-order valence-corrected chi connectivity index (χ3v) is 12.7. The lowest BCUT2D eigenvalue weighted by molar-refractivity contribution is 0.332. The van der Waals surface area contributed by atoms with Crippen LogP contribution in [0.4, 0.5) is 0 Å². The summed E-state index contributed by atoms with van der Waals surface area (Å²) in [4.78, 5) is 0. The number of fused-ring (bicyclic) bond motifs is 11. The number of nitrogens with zero attached hydrogens (tertiary/aromatic N) is 2. The minimum atomic E-state index is 0.106. The fourth-order valence-electron chi connectivity index (χ4n) is 9.74. The third kappa shape index (κ3) is 4.46. The van der Waals surface area contributed by atoms with Crippen LogP contribution in [0.15, 0.2) is 158 Å². The van der Waals surface area contributed by atoms with Gasteiger partial charge in [0.25, 0.3) is 0 Å². The molecule has 0 bridgehead atoms. The Labute approximate surface area is 315 Å². The molecule has 0 N–H and O–H groups in total. The van der Waals surface area contributed by atoms with Crippen molar-refractivity contribution in [2.45, 2.75) is 51.4 Å². The Bertz CT molecular complexity index is 3150. The van der Waals surface area contributed by atoms with E-state index in [9.17, 15) is 0 Å². The van der Waals surface area contributed by atoms with Crippen LogP contribution in [0, 0.1) is 0 Å². The van der Waals surface area contributed by atoms with Crippen LogP contribution in [-0.2, 0) is 10.8 Å². The average molecular weight is 695 g/mol. The molecule has 0 amide bonds. The molecule has 260 valence electrons. The van der Waals surface area contributed by atoms with Gasteiger partial charge in [0.2, 0.25) is 0 Å². The Kier molecular flexibility index (Phi) is 6.51. The molecule has 11 rings (SSSR count). The van der Waals surface area contributed by atoms with E-state index in [1.807, 2.05) is 0 Å². The lowest BCUT2D eigenvalue weighted by Gasteiger charge is -2.42. The lowest BCUT2D eigenvalue weighted by Crippen LogP contribution is -2.33. The second-order valence-corrected chi connectivity index (χ2v) is 16.8. The zero-order valence-corrected chi connectivity index (χ0v) is 31.3. The summed E-state index contributed by atoms with van der Waals surface area (Å²) >= 11 is 0. The van der Waals surface area contributed by atoms with Crippen LogP contribution in [0.3, 0.4) is 0 Å². The van der Waals surface area contributed by atoms with Crippen LogP contribution in [-0.4, -0.2) is 9.13 Å². The molecule has 2 nitrogen and oxygen atoms in total. The lowest BCUT2D eigenvalue weighted by atomic mass is 9.63. The van der Waals surface area contributed by atoms with Gasteiger partial charge in [0.05, 0.1) is 22.1 Å². The van der Waals surface area contributed by atoms with Crippen molar-refractivity contribution in [3.8, 4) is 22.5 Å². The largest absolute Gasteiger partial charge is 0.309 e. The molecule has 8 aromatic carbocycles. The van der Waals surface area contributed by atoms with Crippen molar-refractivity contribution in [2.75, 3.05) is 0 Å². The van der Waals surface area contributed by atoms with Crippen molar-refractivity contribution >= 4 is 65.2 Å². The highest BCUT2D eigenvalue weighted by Gasteiger charge is 2.38. The van der Waals surface area contributed by atoms with E-state index in [1.165, 1.54) is 106 Å². The summed E-state index contributed by atoms with van der Waals surface area (Å²) in [5, 5.41) is 10.3. The van der Waals surface area contributed by atoms with Crippen LogP contribution in [0.5, 0.6) is 0 Å². The maximum atomic E-state index is 2.57. The Morgan fingerprint density at radius 1 is 0.389 bits per heavy atom. The molecule has 2 aromatic heterocycles. The molecule has 0 aliphatic heterocycles. The molecule has 0 unspecified atom stereocenters. The summed E-state index contributed by atoms with van der Waals surface area (Å²) in [5.41, 5.74) is 13.0. The first-order valence-corrected chi connectivity index (χ1v) is 19.4. The minimum Gasteiger partial charge on any atom is -0.309 e. The zero-order valence-electron chi connectivity index (χ0n) is 31.3. The number of aromatic nitrogens is 2. The minimum absolute atomic E-state index is 0.106. The molecule has 0 saturated heterocycles. The predicted octanol–water partition coefficient (Wildman–Crippen LogP) is 14.2. The van der Waals surface area contributed by atoms with Gasteiger partial charge in [0, 0.05) is 32.9 Å². The second kappa shape index (κ2) is 11.2. The molecular weight excluding hydrogens is 653 g/mol. The van der Waals surface area contributed by atoms with E-state index in [-0.39, 0.29) is 10.8 Å². The van der Waals surface area contributed by atoms with Crippen LogP contribution in [0.2, 0.25) is 0 Å². The van der Waals surface area contributed by atoms with Crippen molar-refractivity contribution < 1.29 is 0 Å². The summed E-state index contributed by atoms with van der Waals surface area (Å²) in [6.07, 6.45) is 2.38. The van der Waals surface area contributed by atoms with E-state index in [0.717, 1.165) is 5.69 Å². The summed E-state index contributed by atoms with van der Waals surface area (Å²) < 4.78 is 5.08. The van der Waals surface area contributed by atoms with Crippen molar-refractivity contribution in [1.29, 1.82) is 0 Å². The van der Waals surface area contributed by atoms with E-state index in [4.69, 9.17) is 0 Å². The topological polar surface area (TPSA) is 9.86 Å². The van der Waals surface area contributed by atoms with E-state index in [1.54, 1.807) is 0 Å². The van der Waals surface area contributed by atoms with Gasteiger partial charge in [0.15, 0.2) is 0 Å². The number of para-hydroxylation sites is 1. The maximum Gasteiger partial charge on any atom is 0.0641 e. The molecule has 2 heterocycles. The van der Waals surface area contributed by atoms with Gasteiger partial charge >= 0.3 is 0 Å². The first-order chi connectivity index (χ1) is 26.3. The molecule has 1 aliphatic rings. The molecule has 0 atom stereocenters. The molecule has 2 heteroatoms. The van der Waals surface area contributed by atoms with Crippen molar-refractivity contribution in [3.63, 3.8) is 0 Å². The van der Waals surface area contributed by atoms with Gasteiger partial charge in [-0.3, -0.25) is 0 Å². The summed E-state index contributed by atoms with van der Waals surface area (Å²) in [6.45, 7) is 9.75. The Morgan fingerprint density at radius 3 is 1.83 bits per heavy atom. The summed E-state index contributed by atoms with van der Waals surface area (Å²) in [5.74, 6) is 0. The van der Waals surface area contributed by atoms with E-state index < -0.39 is 0 Å². The van der Waals surface area contributed by atoms with E-state index >= 15 is 0 Å². The van der Waals surface area contributed by atoms with Crippen LogP contribution < -0.4 is 0 Å². The van der Waals surface area contributed by atoms with Gasteiger partial charge < -0.3 is 9.13 Å².